The minimum Gasteiger partial charge on any atom is -0.370 e. The van der Waals surface area contributed by atoms with E-state index in [2.05, 4.69) is 54.9 Å². The normalized spacial score (nSPS) is 12.0. The van der Waals surface area contributed by atoms with Crippen molar-refractivity contribution in [3.05, 3.63) is 11.3 Å². The average molecular weight is 322 g/mol. The van der Waals surface area contributed by atoms with E-state index in [9.17, 15) is 0 Å². The van der Waals surface area contributed by atoms with Crippen LogP contribution < -0.4 is 11.1 Å². The molecule has 0 radical (unpaired) electrons. The number of nitrogen functional groups attached to an aromatic ring is 1. The predicted octanol–water partition coefficient (Wildman–Crippen LogP) is 3.63. The first kappa shape index (κ1) is 19.7. The first-order chi connectivity index (χ1) is 10.8. The molecule has 0 saturated heterocycles. The Bertz CT molecular complexity index is 479. The van der Waals surface area contributed by atoms with Crippen LogP contribution in [0.2, 0.25) is 0 Å². The van der Waals surface area contributed by atoms with Gasteiger partial charge in [-0.05, 0) is 67.0 Å². The summed E-state index contributed by atoms with van der Waals surface area (Å²) >= 11 is 0. The molecule has 0 aliphatic rings. The summed E-state index contributed by atoms with van der Waals surface area (Å²) in [6, 6.07) is 0. The lowest BCUT2D eigenvalue weighted by Gasteiger charge is -2.31. The zero-order chi connectivity index (χ0) is 17.5. The van der Waals surface area contributed by atoms with Crippen LogP contribution in [0, 0.1) is 6.92 Å². The zero-order valence-electron chi connectivity index (χ0n) is 15.9. The van der Waals surface area contributed by atoms with E-state index in [1.807, 2.05) is 6.92 Å². The van der Waals surface area contributed by atoms with Gasteiger partial charge in [-0.15, -0.1) is 0 Å². The average Bonchev–Trinajstić information content (AvgIpc) is 2.44. The first-order valence-corrected chi connectivity index (χ1v) is 8.83. The molecule has 0 aromatic carbocycles. The minimum atomic E-state index is 0.229. The molecule has 0 amide bonds. The highest BCUT2D eigenvalue weighted by molar-refractivity contribution is 5.49. The summed E-state index contributed by atoms with van der Waals surface area (Å²) in [7, 11) is 2.19. The Balaban J connectivity index is 2.61. The molecular weight excluding hydrogens is 286 g/mol. The molecule has 3 N–H and O–H groups in total. The van der Waals surface area contributed by atoms with Crippen molar-refractivity contribution < 1.29 is 0 Å². The van der Waals surface area contributed by atoms with Gasteiger partial charge in [0, 0.05) is 23.3 Å². The number of rotatable bonds is 9. The summed E-state index contributed by atoms with van der Waals surface area (Å²) < 4.78 is 0. The van der Waals surface area contributed by atoms with Crippen molar-refractivity contribution >= 4 is 11.8 Å². The van der Waals surface area contributed by atoms with E-state index in [4.69, 9.17) is 5.73 Å². The molecule has 1 rings (SSSR count). The van der Waals surface area contributed by atoms with Gasteiger partial charge in [0.15, 0.2) is 0 Å². The second-order valence-corrected chi connectivity index (χ2v) is 7.32. The maximum absolute atomic E-state index is 5.81. The number of aryl methyl sites for hydroxylation is 1. The van der Waals surface area contributed by atoms with Crippen molar-refractivity contribution in [2.75, 3.05) is 31.2 Å². The van der Waals surface area contributed by atoms with Crippen molar-refractivity contribution in [2.24, 2.45) is 0 Å². The highest BCUT2D eigenvalue weighted by atomic mass is 15.1. The fourth-order valence-electron chi connectivity index (χ4n) is 2.43. The quantitative estimate of drug-likeness (QED) is 0.680. The number of hydrogen-bond acceptors (Lipinski definition) is 5. The minimum absolute atomic E-state index is 0.229. The van der Waals surface area contributed by atoms with E-state index < -0.39 is 0 Å². The van der Waals surface area contributed by atoms with E-state index in [1.54, 1.807) is 0 Å². The van der Waals surface area contributed by atoms with Crippen LogP contribution in [0.15, 0.2) is 0 Å². The number of anilines is 2. The van der Waals surface area contributed by atoms with E-state index in [0.29, 0.717) is 5.95 Å². The molecule has 0 unspecified atom stereocenters. The maximum atomic E-state index is 5.81. The van der Waals surface area contributed by atoms with Crippen molar-refractivity contribution in [3.8, 4) is 0 Å². The van der Waals surface area contributed by atoms with Crippen LogP contribution in [0.25, 0.3) is 0 Å². The molecule has 0 fully saturated rings. The monoisotopic (exact) mass is 321 g/mol. The van der Waals surface area contributed by atoms with Crippen molar-refractivity contribution in [3.63, 3.8) is 0 Å². The highest BCUT2D eigenvalue weighted by Crippen LogP contribution is 2.20. The Labute approximate surface area is 142 Å². The molecule has 5 heteroatoms. The van der Waals surface area contributed by atoms with Gasteiger partial charge in [0.25, 0.3) is 0 Å². The predicted molar refractivity (Wildman–Crippen MR) is 99.9 cm³/mol. The van der Waals surface area contributed by atoms with E-state index in [1.165, 1.54) is 18.4 Å². The van der Waals surface area contributed by atoms with Crippen LogP contribution in [0.1, 0.15) is 64.6 Å². The number of hydrogen-bond donors (Lipinski definition) is 2. The zero-order valence-corrected chi connectivity index (χ0v) is 15.9. The molecule has 0 spiro atoms. The van der Waals surface area contributed by atoms with Crippen LogP contribution in [-0.2, 0) is 6.42 Å². The van der Waals surface area contributed by atoms with Gasteiger partial charge < -0.3 is 16.0 Å². The highest BCUT2D eigenvalue weighted by Gasteiger charge is 2.16. The lowest BCUT2D eigenvalue weighted by Crippen LogP contribution is -2.38. The Morgan fingerprint density at radius 1 is 1.13 bits per heavy atom. The molecule has 23 heavy (non-hydrogen) atoms. The van der Waals surface area contributed by atoms with Crippen LogP contribution >= 0.6 is 0 Å². The van der Waals surface area contributed by atoms with Gasteiger partial charge in [-0.25, -0.2) is 4.98 Å². The summed E-state index contributed by atoms with van der Waals surface area (Å²) in [4.78, 5) is 11.1. The van der Waals surface area contributed by atoms with Gasteiger partial charge in [0.2, 0.25) is 5.95 Å². The summed E-state index contributed by atoms with van der Waals surface area (Å²) in [6.45, 7) is 13.0. The summed E-state index contributed by atoms with van der Waals surface area (Å²) in [5.41, 5.74) is 8.25. The fourth-order valence-corrected chi connectivity index (χ4v) is 2.43. The molecule has 5 nitrogen and oxygen atoms in total. The Morgan fingerprint density at radius 2 is 1.83 bits per heavy atom. The third-order valence-corrected chi connectivity index (χ3v) is 4.37. The van der Waals surface area contributed by atoms with Crippen molar-refractivity contribution in [1.82, 2.24) is 14.9 Å². The third kappa shape index (κ3) is 6.73. The maximum Gasteiger partial charge on any atom is 0.222 e. The molecule has 0 aliphatic carbocycles. The standard InChI is InChI=1S/C18H35N5/c1-7-8-12-20-16-15(14(2)21-17(19)22-16)11-9-10-13-23(6)18(3,4)5/h7-13H2,1-6H3,(H3,19,20,21,22). The Kier molecular flexibility index (Phi) is 7.76. The van der Waals surface area contributed by atoms with Gasteiger partial charge in [-0.2, -0.15) is 4.98 Å². The second kappa shape index (κ2) is 9.06. The number of nitrogens with zero attached hydrogens (tertiary/aromatic N) is 3. The van der Waals surface area contributed by atoms with Crippen LogP contribution in [0.4, 0.5) is 11.8 Å². The van der Waals surface area contributed by atoms with Crippen LogP contribution in [0.5, 0.6) is 0 Å². The number of unbranched alkanes of at least 4 members (excludes halogenated alkanes) is 2. The molecule has 0 bridgehead atoms. The topological polar surface area (TPSA) is 67.1 Å². The van der Waals surface area contributed by atoms with E-state index in [0.717, 1.165) is 43.9 Å². The van der Waals surface area contributed by atoms with Crippen molar-refractivity contribution in [1.29, 1.82) is 0 Å². The smallest absolute Gasteiger partial charge is 0.222 e. The SMILES string of the molecule is CCCCNc1nc(N)nc(C)c1CCCCN(C)C(C)(C)C. The molecule has 0 atom stereocenters. The first-order valence-electron chi connectivity index (χ1n) is 8.83. The molecule has 0 aliphatic heterocycles. The molecular formula is C18H35N5. The van der Waals surface area contributed by atoms with Crippen LogP contribution in [0.3, 0.4) is 0 Å². The second-order valence-electron chi connectivity index (χ2n) is 7.32. The van der Waals surface area contributed by atoms with Gasteiger partial charge in [0.1, 0.15) is 5.82 Å². The third-order valence-electron chi connectivity index (χ3n) is 4.37. The van der Waals surface area contributed by atoms with Crippen LogP contribution in [-0.4, -0.2) is 40.5 Å². The summed E-state index contributed by atoms with van der Waals surface area (Å²) in [5.74, 6) is 1.28. The number of nitrogens with one attached hydrogen (secondary N) is 1. The largest absolute Gasteiger partial charge is 0.370 e. The molecule has 1 aromatic heterocycles. The summed E-state index contributed by atoms with van der Waals surface area (Å²) in [6.07, 6.45) is 5.61. The lowest BCUT2D eigenvalue weighted by molar-refractivity contribution is 0.173. The van der Waals surface area contributed by atoms with E-state index in [-0.39, 0.29) is 5.54 Å². The Morgan fingerprint density at radius 3 is 2.43 bits per heavy atom. The summed E-state index contributed by atoms with van der Waals surface area (Å²) in [5, 5.41) is 3.43. The van der Waals surface area contributed by atoms with Gasteiger partial charge in [-0.1, -0.05) is 13.3 Å². The van der Waals surface area contributed by atoms with E-state index >= 15 is 0 Å². The molecule has 132 valence electrons. The number of nitrogens with two attached hydrogens (primary N) is 1. The molecule has 0 saturated carbocycles. The van der Waals surface area contributed by atoms with Gasteiger partial charge >= 0.3 is 0 Å². The Hall–Kier alpha value is -1.36. The fraction of sp³-hybridized carbons (Fsp3) is 0.778. The number of aromatic nitrogens is 2. The molecule has 1 aromatic rings. The van der Waals surface area contributed by atoms with Gasteiger partial charge in [0.05, 0.1) is 0 Å². The lowest BCUT2D eigenvalue weighted by atomic mass is 10.0. The molecule has 1 heterocycles. The van der Waals surface area contributed by atoms with Gasteiger partial charge in [-0.3, -0.25) is 0 Å². The van der Waals surface area contributed by atoms with Crippen molar-refractivity contribution in [2.45, 2.75) is 72.3 Å².